The van der Waals surface area contributed by atoms with Gasteiger partial charge in [-0.3, -0.25) is 0 Å². The van der Waals surface area contributed by atoms with Gasteiger partial charge in [0.1, 0.15) is 72.9 Å². The van der Waals surface area contributed by atoms with Gasteiger partial charge < -0.3 is 17.7 Å². The molecule has 0 bridgehead atoms. The van der Waals surface area contributed by atoms with Crippen LogP contribution in [0.4, 0.5) is 22.7 Å². The fourth-order valence-corrected chi connectivity index (χ4v) is 18.2. The molecule has 0 aliphatic carbocycles. The van der Waals surface area contributed by atoms with Gasteiger partial charge in [0.2, 0.25) is 22.8 Å². The van der Waals surface area contributed by atoms with E-state index in [-0.39, 0.29) is 34.3 Å². The largest absolute Gasteiger partial charge is 0.456 e. The van der Waals surface area contributed by atoms with Crippen LogP contribution in [-0.4, -0.2) is 0 Å². The number of fused-ring (bicyclic) bond motifs is 12. The number of aryl methyl sites for hydroxylation is 6. The minimum absolute atomic E-state index is 0.131. The molecule has 0 aliphatic heterocycles. The van der Waals surface area contributed by atoms with Crippen molar-refractivity contribution in [3.8, 4) is 89.5 Å². The molecule has 0 atom stereocenters. The van der Waals surface area contributed by atoms with Gasteiger partial charge >= 0.3 is 0 Å². The maximum atomic E-state index is 9.47. The van der Waals surface area contributed by atoms with E-state index in [2.05, 4.69) is 76.0 Å². The van der Waals surface area contributed by atoms with E-state index in [0.29, 0.717) is 108 Å². The van der Waals surface area contributed by atoms with Crippen LogP contribution in [0.2, 0.25) is 0 Å². The highest BCUT2D eigenvalue weighted by Crippen LogP contribution is 2.50. The first-order valence-corrected chi connectivity index (χ1v) is 44.6. The predicted molar refractivity (Wildman–Crippen MR) is 551 cm³/mol. The molecule has 660 valence electrons. The third kappa shape index (κ3) is 17.0. The van der Waals surface area contributed by atoms with E-state index >= 15 is 0 Å². The van der Waals surface area contributed by atoms with Gasteiger partial charge in [0.15, 0.2) is 45.5 Å². The van der Waals surface area contributed by atoms with E-state index in [0.717, 1.165) is 144 Å². The van der Waals surface area contributed by atoms with Crippen molar-refractivity contribution in [2.45, 2.75) is 137 Å². The Labute approximate surface area is 805 Å². The summed E-state index contributed by atoms with van der Waals surface area (Å²) in [5, 5.41) is 7.07. The zero-order valence-electron chi connectivity index (χ0n) is 93.2. The maximum Gasteiger partial charge on any atom is 0.216 e. The van der Waals surface area contributed by atoms with Crippen molar-refractivity contribution in [3.63, 3.8) is 0 Å². The molecule has 0 aliphatic rings. The highest BCUT2D eigenvalue weighted by atomic mass is 16.3. The quantitative estimate of drug-likeness (QED) is 0.101. The van der Waals surface area contributed by atoms with Crippen molar-refractivity contribution < 1.29 is 55.1 Å². The molecule has 0 fully saturated rings. The molecule has 20 rings (SSSR count). The third-order valence-corrected chi connectivity index (χ3v) is 25.2. The average molecular weight is 1770 g/mol. The average Bonchev–Trinajstić information content (AvgIpc) is 1.14. The summed E-state index contributed by atoms with van der Waals surface area (Å²) in [6, 6.07) is 75.3. The lowest BCUT2D eigenvalue weighted by atomic mass is 9.85. The molecule has 0 radical (unpaired) electrons. The second-order valence-corrected chi connectivity index (χ2v) is 36.8. The first-order chi connectivity index (χ1) is 69.8. The zero-order chi connectivity index (χ0) is 107. The maximum absolute atomic E-state index is 9.47. The SMILES string of the molecule is [2H]c1c(C([2H])([2H])C(C)(C)C)c(C([2H])([2H])[2H])c(C)[n+](C)c1-c1c(C)cc(-c2ccccc2)c2c1oc1cc([N+]#[C-])ccc12.[2H]c1c(C([2H])([2H])C(C)(C)C)c(C([2H])([2H])[2H])c(C)[n+](C)c1-c1c(C)ccc2c1oc1cc([N+]#[C-])cc(-c3ccccc3)c12.[2H]c1c(C)c([2H])c(-c2c(C)ccc3c2oc2cc(-c4ccccc4)c([N+]#[C-])cc23)[n+](C)c1C.[C-]#[N+]c1cc2c(cc1-c1ccccc1)oc1c(-c3cc(C)cc(C)[n+]3C)c(C)ccc12. The summed E-state index contributed by atoms with van der Waals surface area (Å²) in [6.07, 6.45) is -4.28. The van der Waals surface area contributed by atoms with Crippen molar-refractivity contribution in [1.82, 2.24) is 0 Å². The Hall–Kier alpha value is -15.6. The van der Waals surface area contributed by atoms with Crippen molar-refractivity contribution in [2.24, 2.45) is 39.0 Å². The highest BCUT2D eigenvalue weighted by molar-refractivity contribution is 6.19. The summed E-state index contributed by atoms with van der Waals surface area (Å²) in [6.45, 7) is 54.9. The fourth-order valence-electron chi connectivity index (χ4n) is 18.2. The van der Waals surface area contributed by atoms with Crippen molar-refractivity contribution in [2.75, 3.05) is 0 Å². The molecule has 0 unspecified atom stereocenters. The molecule has 0 spiro atoms. The molecule has 134 heavy (non-hydrogen) atoms. The molecular formula is C122H112N8O4+4. The van der Waals surface area contributed by atoms with Crippen LogP contribution in [0.3, 0.4) is 0 Å². The number of rotatable bonds is 10. The molecule has 0 saturated heterocycles. The number of nitrogens with zero attached hydrogens (tertiary/aromatic N) is 8. The molecule has 20 aromatic rings. The summed E-state index contributed by atoms with van der Waals surface area (Å²) in [4.78, 5) is 14.9. The number of aromatic nitrogens is 4. The number of pyridine rings is 4. The topological polar surface area (TPSA) is 85.5 Å². The van der Waals surface area contributed by atoms with Gasteiger partial charge in [-0.1, -0.05) is 211 Å². The summed E-state index contributed by atoms with van der Waals surface area (Å²) >= 11 is 0. The Morgan fingerprint density at radius 3 is 1.16 bits per heavy atom. The van der Waals surface area contributed by atoms with E-state index in [1.165, 1.54) is 16.8 Å². The zero-order valence-corrected chi connectivity index (χ0v) is 79.2. The standard InChI is InChI=1S/2C33H33N2O.2C28H23N2O/c1-20-16-27(23-12-10-9-11-13-23)31-26-15-14-25(34-7)18-29(26)36-32(31)30(20)28-17-24(19-33(4,5)6)21(2)22(3)35(28)8;1-20-14-15-26-31-27(23-12-10-9-11-13-23)17-25(34-7)18-29(31)36-32(26)30(20)28-16-24(19-33(4,5)6)21(2)22(3)35(28)8;2*1-17-13-19(3)30(5)25(14-17)27-18(2)11-12-21-23-15-24(29-4)22(16-26(23)31-28(21)27)20-9-7-6-8-10-20/h2*9-18H,19H2,1-6,8H3;2*6-16H,1-3,5H3/q4*+1/i2D3,17D,19D2;2D3,16D,19D2;13D,14D;. The molecule has 0 N–H and O–H groups in total. The van der Waals surface area contributed by atoms with Gasteiger partial charge in [-0.2, -0.15) is 18.3 Å². The monoisotopic (exact) mass is 1770 g/mol. The smallest absolute Gasteiger partial charge is 0.216 e. The number of benzene rings is 12. The molecule has 0 amide bonds. The molecule has 12 aromatic carbocycles. The van der Waals surface area contributed by atoms with Gasteiger partial charge in [0.25, 0.3) is 0 Å². The van der Waals surface area contributed by atoms with E-state index < -0.39 is 37.3 Å². The summed E-state index contributed by atoms with van der Waals surface area (Å²) in [5.41, 5.74) is 26.2. The first kappa shape index (κ1) is 74.1. The lowest BCUT2D eigenvalue weighted by molar-refractivity contribution is -0.667. The van der Waals surface area contributed by atoms with Gasteiger partial charge in [-0.05, 0) is 216 Å². The van der Waals surface area contributed by atoms with Crippen LogP contribution in [0.1, 0.15) is 139 Å². The van der Waals surface area contributed by atoms with Gasteiger partial charge in [-0.15, -0.1) is 0 Å². The van der Waals surface area contributed by atoms with Crippen LogP contribution in [-0.2, 0) is 40.9 Å². The Morgan fingerprint density at radius 1 is 0.321 bits per heavy atom. The van der Waals surface area contributed by atoms with E-state index in [9.17, 15) is 2.74 Å². The van der Waals surface area contributed by atoms with Crippen LogP contribution in [0.25, 0.3) is 197 Å². The number of hydrogen-bond donors (Lipinski definition) is 0. The van der Waals surface area contributed by atoms with Gasteiger partial charge in [0, 0.05) is 132 Å². The lowest BCUT2D eigenvalue weighted by Crippen LogP contribution is -2.36. The minimum Gasteiger partial charge on any atom is -0.456 e. The third-order valence-electron chi connectivity index (χ3n) is 25.2. The van der Waals surface area contributed by atoms with Crippen molar-refractivity contribution in [3.05, 3.63) is 379 Å². The van der Waals surface area contributed by atoms with E-state index in [4.69, 9.17) is 60.4 Å². The molecule has 8 aromatic heterocycles. The minimum atomic E-state index is -2.64. The molecule has 12 nitrogen and oxygen atoms in total. The summed E-state index contributed by atoms with van der Waals surface area (Å²) < 4.78 is 156. The first-order valence-electron chi connectivity index (χ1n) is 51.6. The van der Waals surface area contributed by atoms with Crippen LogP contribution < -0.4 is 18.3 Å². The second-order valence-electron chi connectivity index (χ2n) is 36.8. The lowest BCUT2D eigenvalue weighted by Gasteiger charge is -2.21. The number of hydrogen-bond acceptors (Lipinski definition) is 4. The highest BCUT2D eigenvalue weighted by Gasteiger charge is 2.33. The van der Waals surface area contributed by atoms with Gasteiger partial charge in [-0.25, -0.2) is 19.4 Å². The Bertz CT molecular complexity index is 9060. The van der Waals surface area contributed by atoms with Crippen molar-refractivity contribution in [1.29, 1.82) is 0 Å². The Morgan fingerprint density at radius 2 is 0.709 bits per heavy atom. The Kier molecular flexibility index (Phi) is 19.9. The molecule has 0 saturated carbocycles. The summed E-state index contributed by atoms with van der Waals surface area (Å²) in [5.74, 6) is 0. The Balaban J connectivity index is 0.000000136. The normalized spacial score (nSPS) is 13.5. The van der Waals surface area contributed by atoms with Crippen LogP contribution in [0.5, 0.6) is 0 Å². The van der Waals surface area contributed by atoms with Crippen molar-refractivity contribution >= 4 is 111 Å². The predicted octanol–water partition coefficient (Wildman–Crippen LogP) is 32.1. The van der Waals surface area contributed by atoms with E-state index in [1.54, 1.807) is 96.8 Å². The molecular weight excluding hydrogens is 1640 g/mol. The summed E-state index contributed by atoms with van der Waals surface area (Å²) in [7, 11) is 7.41. The number of furan rings is 4. The van der Waals surface area contributed by atoms with Gasteiger partial charge in [0.05, 0.1) is 54.0 Å². The fraction of sp³-hybridized carbons (Fsp3) is 0.213. The second kappa shape index (κ2) is 35.9. The van der Waals surface area contributed by atoms with Crippen LogP contribution in [0, 0.1) is 120 Å². The van der Waals surface area contributed by atoms with E-state index in [1.807, 2.05) is 234 Å². The van der Waals surface area contributed by atoms with Crippen LogP contribution >= 0.6 is 0 Å². The van der Waals surface area contributed by atoms with Crippen LogP contribution in [0.15, 0.2) is 272 Å². The molecule has 8 heterocycles. The molecule has 12 heteroatoms.